The van der Waals surface area contributed by atoms with E-state index in [0.29, 0.717) is 12.1 Å². The Labute approximate surface area is 128 Å². The van der Waals surface area contributed by atoms with Crippen molar-refractivity contribution in [1.29, 1.82) is 0 Å². The minimum Gasteiger partial charge on any atom is -0.311 e. The first kappa shape index (κ1) is 15.8. The van der Waals surface area contributed by atoms with Crippen LogP contribution in [0.15, 0.2) is 24.3 Å². The summed E-state index contributed by atoms with van der Waals surface area (Å²) in [5, 5.41) is 4.52. The normalized spacial score (nSPS) is 23.9. The Morgan fingerprint density at radius 1 is 1.25 bits per heavy atom. The van der Waals surface area contributed by atoms with Gasteiger partial charge < -0.3 is 5.32 Å². The highest BCUT2D eigenvalue weighted by atomic mass is 35.5. The second kappa shape index (κ2) is 8.02. The molecular weight excluding hydrogens is 268 g/mol. The maximum atomic E-state index is 5.94. The van der Waals surface area contributed by atoms with Crippen molar-refractivity contribution >= 4 is 11.6 Å². The van der Waals surface area contributed by atoms with Crippen LogP contribution in [0.4, 0.5) is 0 Å². The molecule has 1 N–H and O–H groups in total. The summed E-state index contributed by atoms with van der Waals surface area (Å²) in [6.07, 6.45) is 4.90. The van der Waals surface area contributed by atoms with Crippen molar-refractivity contribution in [2.45, 2.75) is 51.6 Å². The van der Waals surface area contributed by atoms with Gasteiger partial charge in [0.25, 0.3) is 0 Å². The first-order valence-electron chi connectivity index (χ1n) is 7.94. The van der Waals surface area contributed by atoms with Crippen LogP contribution < -0.4 is 5.32 Å². The standard InChI is InChI=1S/C17H27ClN2/c1-3-5-16-13-20(17(4-2)12-19-16)11-10-14-6-8-15(18)9-7-14/h6-9,16-17,19H,3-5,10-13H2,1-2H3. The maximum absolute atomic E-state index is 5.94. The molecule has 20 heavy (non-hydrogen) atoms. The van der Waals surface area contributed by atoms with Crippen molar-refractivity contribution in [2.24, 2.45) is 0 Å². The van der Waals surface area contributed by atoms with Gasteiger partial charge in [0.05, 0.1) is 0 Å². The van der Waals surface area contributed by atoms with E-state index in [-0.39, 0.29) is 0 Å². The van der Waals surface area contributed by atoms with Gasteiger partial charge >= 0.3 is 0 Å². The molecule has 0 bridgehead atoms. The summed E-state index contributed by atoms with van der Waals surface area (Å²) in [7, 11) is 0. The van der Waals surface area contributed by atoms with Gasteiger partial charge in [-0.1, -0.05) is 44.0 Å². The van der Waals surface area contributed by atoms with Crippen LogP contribution in [-0.4, -0.2) is 36.6 Å². The second-order valence-electron chi connectivity index (χ2n) is 5.83. The summed E-state index contributed by atoms with van der Waals surface area (Å²) in [5.41, 5.74) is 1.38. The van der Waals surface area contributed by atoms with Crippen molar-refractivity contribution in [3.63, 3.8) is 0 Å². The van der Waals surface area contributed by atoms with Gasteiger partial charge in [0, 0.05) is 36.7 Å². The summed E-state index contributed by atoms with van der Waals surface area (Å²) in [4.78, 5) is 2.67. The molecule has 0 radical (unpaired) electrons. The molecule has 1 aliphatic rings. The minimum absolute atomic E-state index is 0.674. The molecule has 0 spiro atoms. The van der Waals surface area contributed by atoms with E-state index in [1.807, 2.05) is 12.1 Å². The van der Waals surface area contributed by atoms with Crippen molar-refractivity contribution in [3.05, 3.63) is 34.9 Å². The van der Waals surface area contributed by atoms with Crippen LogP contribution >= 0.6 is 11.6 Å². The fraction of sp³-hybridized carbons (Fsp3) is 0.647. The lowest BCUT2D eigenvalue weighted by Crippen LogP contribution is -2.56. The summed E-state index contributed by atoms with van der Waals surface area (Å²) < 4.78 is 0. The number of hydrogen-bond acceptors (Lipinski definition) is 2. The van der Waals surface area contributed by atoms with Gasteiger partial charge in [-0.3, -0.25) is 4.90 Å². The largest absolute Gasteiger partial charge is 0.311 e. The van der Waals surface area contributed by atoms with E-state index < -0.39 is 0 Å². The molecule has 2 atom stereocenters. The number of nitrogens with one attached hydrogen (secondary N) is 1. The molecule has 2 nitrogen and oxygen atoms in total. The highest BCUT2D eigenvalue weighted by Crippen LogP contribution is 2.15. The fourth-order valence-corrected chi connectivity index (χ4v) is 3.20. The topological polar surface area (TPSA) is 15.3 Å². The third-order valence-electron chi connectivity index (χ3n) is 4.32. The number of hydrogen-bond donors (Lipinski definition) is 1. The molecule has 1 saturated heterocycles. The highest BCUT2D eigenvalue weighted by Gasteiger charge is 2.25. The van der Waals surface area contributed by atoms with Crippen molar-refractivity contribution in [2.75, 3.05) is 19.6 Å². The number of rotatable bonds is 6. The number of piperazine rings is 1. The van der Waals surface area contributed by atoms with E-state index in [1.165, 1.54) is 31.4 Å². The lowest BCUT2D eigenvalue weighted by molar-refractivity contribution is 0.124. The zero-order valence-electron chi connectivity index (χ0n) is 12.7. The van der Waals surface area contributed by atoms with Crippen molar-refractivity contribution in [3.8, 4) is 0 Å². The Kier molecular flexibility index (Phi) is 6.34. The van der Waals surface area contributed by atoms with Crippen molar-refractivity contribution < 1.29 is 0 Å². The zero-order valence-corrected chi connectivity index (χ0v) is 13.5. The maximum Gasteiger partial charge on any atom is 0.0406 e. The molecule has 3 heteroatoms. The van der Waals surface area contributed by atoms with E-state index in [1.54, 1.807) is 0 Å². The zero-order chi connectivity index (χ0) is 14.4. The average Bonchev–Trinajstić information content (AvgIpc) is 2.47. The van der Waals surface area contributed by atoms with E-state index >= 15 is 0 Å². The Hall–Kier alpha value is -0.570. The quantitative estimate of drug-likeness (QED) is 0.860. The van der Waals surface area contributed by atoms with Gasteiger partial charge in [-0.2, -0.15) is 0 Å². The van der Waals surface area contributed by atoms with Gasteiger partial charge in [-0.05, 0) is 37.0 Å². The Bertz CT molecular complexity index is 390. The molecule has 0 aliphatic carbocycles. The van der Waals surface area contributed by atoms with Crippen LogP contribution in [0.3, 0.4) is 0 Å². The van der Waals surface area contributed by atoms with Crippen LogP contribution in [0.25, 0.3) is 0 Å². The molecule has 0 aromatic heterocycles. The van der Waals surface area contributed by atoms with Crippen LogP contribution in [0.5, 0.6) is 0 Å². The summed E-state index contributed by atoms with van der Waals surface area (Å²) >= 11 is 5.94. The van der Waals surface area contributed by atoms with Crippen LogP contribution in [-0.2, 0) is 6.42 Å². The average molecular weight is 295 g/mol. The lowest BCUT2D eigenvalue weighted by Gasteiger charge is -2.40. The van der Waals surface area contributed by atoms with Crippen LogP contribution in [0.2, 0.25) is 5.02 Å². The highest BCUT2D eigenvalue weighted by molar-refractivity contribution is 6.30. The molecule has 1 aromatic rings. The molecule has 1 aromatic carbocycles. The SMILES string of the molecule is CCCC1CN(CCc2ccc(Cl)cc2)C(CC)CN1. The minimum atomic E-state index is 0.674. The molecule has 0 saturated carbocycles. The second-order valence-corrected chi connectivity index (χ2v) is 6.26. The number of nitrogens with zero attached hydrogens (tertiary/aromatic N) is 1. The van der Waals surface area contributed by atoms with Gasteiger partial charge in [-0.15, -0.1) is 0 Å². The molecule has 2 rings (SSSR count). The molecule has 1 heterocycles. The predicted octanol–water partition coefficient (Wildman–Crippen LogP) is 3.74. The molecular formula is C17H27ClN2. The number of benzene rings is 1. The lowest BCUT2D eigenvalue weighted by atomic mass is 10.0. The molecule has 1 aliphatic heterocycles. The van der Waals surface area contributed by atoms with Gasteiger partial charge in [0.1, 0.15) is 0 Å². The van der Waals surface area contributed by atoms with Gasteiger partial charge in [0.2, 0.25) is 0 Å². The smallest absolute Gasteiger partial charge is 0.0406 e. The van der Waals surface area contributed by atoms with Gasteiger partial charge in [0.15, 0.2) is 0 Å². The first-order chi connectivity index (χ1) is 9.72. The third kappa shape index (κ3) is 4.47. The summed E-state index contributed by atoms with van der Waals surface area (Å²) in [6.45, 7) is 8.05. The number of halogens is 1. The van der Waals surface area contributed by atoms with Crippen molar-refractivity contribution in [1.82, 2.24) is 10.2 Å². The van der Waals surface area contributed by atoms with Crippen LogP contribution in [0.1, 0.15) is 38.7 Å². The Morgan fingerprint density at radius 3 is 2.65 bits per heavy atom. The fourth-order valence-electron chi connectivity index (χ4n) is 3.07. The van der Waals surface area contributed by atoms with E-state index in [2.05, 4.69) is 36.2 Å². The molecule has 2 unspecified atom stereocenters. The van der Waals surface area contributed by atoms with E-state index in [0.717, 1.165) is 24.5 Å². The van der Waals surface area contributed by atoms with E-state index in [4.69, 9.17) is 11.6 Å². The summed E-state index contributed by atoms with van der Waals surface area (Å²) in [6, 6.07) is 9.64. The molecule has 0 amide bonds. The third-order valence-corrected chi connectivity index (χ3v) is 4.57. The van der Waals surface area contributed by atoms with Gasteiger partial charge in [-0.25, -0.2) is 0 Å². The molecule has 112 valence electrons. The first-order valence-corrected chi connectivity index (χ1v) is 8.32. The monoisotopic (exact) mass is 294 g/mol. The molecule has 1 fully saturated rings. The predicted molar refractivity (Wildman–Crippen MR) is 87.5 cm³/mol. The Morgan fingerprint density at radius 2 is 2.00 bits per heavy atom. The Balaban J connectivity index is 1.88. The van der Waals surface area contributed by atoms with E-state index in [9.17, 15) is 0 Å². The van der Waals surface area contributed by atoms with Crippen LogP contribution in [0, 0.1) is 0 Å². The summed E-state index contributed by atoms with van der Waals surface area (Å²) in [5.74, 6) is 0.